The normalized spacial score (nSPS) is 22.3. The van der Waals surface area contributed by atoms with E-state index in [1.165, 1.54) is 0 Å². The van der Waals surface area contributed by atoms with Gasteiger partial charge in [-0.1, -0.05) is 29.8 Å². The predicted octanol–water partition coefficient (Wildman–Crippen LogP) is 0.994. The lowest BCUT2D eigenvalue weighted by Gasteiger charge is -2.15. The number of ether oxygens (including phenoxy) is 1. The van der Waals surface area contributed by atoms with Crippen LogP contribution in [0, 0.1) is 0 Å². The molecule has 5 nitrogen and oxygen atoms in total. The Hall–Kier alpha value is -0.660. The zero-order chi connectivity index (χ0) is 15.3. The van der Waals surface area contributed by atoms with Crippen molar-refractivity contribution < 1.29 is 18.3 Å². The molecule has 0 bridgehead atoms. The summed E-state index contributed by atoms with van der Waals surface area (Å²) in [4.78, 5) is 0. The van der Waals surface area contributed by atoms with Crippen LogP contribution in [-0.2, 0) is 21.2 Å². The standard InChI is InChI=1S/C14H20ClNO4S/c15-14-4-2-1-3-11(14)8-20-9-13(17)7-16-12-5-6-21(18,19)10-12/h1-4,12-13,16-17H,5-10H2/t12-,13-/m0/s1. The average molecular weight is 334 g/mol. The van der Waals surface area contributed by atoms with Crippen LogP contribution in [0.15, 0.2) is 24.3 Å². The Morgan fingerprint density at radius 3 is 2.86 bits per heavy atom. The Labute approximate surface area is 130 Å². The highest BCUT2D eigenvalue weighted by Gasteiger charge is 2.27. The molecule has 0 aromatic heterocycles. The molecule has 0 aliphatic carbocycles. The zero-order valence-electron chi connectivity index (χ0n) is 11.7. The van der Waals surface area contributed by atoms with Crippen molar-refractivity contribution >= 4 is 21.4 Å². The summed E-state index contributed by atoms with van der Waals surface area (Å²) in [7, 11) is -2.89. The summed E-state index contributed by atoms with van der Waals surface area (Å²) in [5.74, 6) is 0.379. The average Bonchev–Trinajstić information content (AvgIpc) is 2.78. The van der Waals surface area contributed by atoms with Gasteiger partial charge >= 0.3 is 0 Å². The number of hydrogen-bond acceptors (Lipinski definition) is 5. The number of sulfone groups is 1. The molecule has 2 N–H and O–H groups in total. The molecule has 21 heavy (non-hydrogen) atoms. The topological polar surface area (TPSA) is 75.6 Å². The third kappa shape index (κ3) is 5.56. The van der Waals surface area contributed by atoms with Gasteiger partial charge in [0, 0.05) is 17.6 Å². The maximum Gasteiger partial charge on any atom is 0.151 e. The van der Waals surface area contributed by atoms with Gasteiger partial charge in [0.2, 0.25) is 0 Å². The lowest BCUT2D eigenvalue weighted by atomic mass is 10.2. The molecule has 0 amide bonds. The molecular formula is C14H20ClNO4S. The molecular weight excluding hydrogens is 314 g/mol. The summed E-state index contributed by atoms with van der Waals surface area (Å²) >= 11 is 6.00. The van der Waals surface area contributed by atoms with Gasteiger partial charge in [0.05, 0.1) is 30.8 Å². The van der Waals surface area contributed by atoms with E-state index < -0.39 is 15.9 Å². The van der Waals surface area contributed by atoms with Crippen LogP contribution in [0.5, 0.6) is 0 Å². The van der Waals surface area contributed by atoms with Gasteiger partial charge in [-0.2, -0.15) is 0 Å². The van der Waals surface area contributed by atoms with Crippen molar-refractivity contribution in [3.8, 4) is 0 Å². The van der Waals surface area contributed by atoms with E-state index in [4.69, 9.17) is 16.3 Å². The van der Waals surface area contributed by atoms with Crippen molar-refractivity contribution in [2.45, 2.75) is 25.2 Å². The number of halogens is 1. The summed E-state index contributed by atoms with van der Waals surface area (Å²) in [6.07, 6.45) is -0.0639. The fourth-order valence-corrected chi connectivity index (χ4v) is 4.14. The third-order valence-corrected chi connectivity index (χ3v) is 5.54. The summed E-state index contributed by atoms with van der Waals surface area (Å²) in [5.41, 5.74) is 0.876. The Balaban J connectivity index is 1.64. The number of aliphatic hydroxyl groups is 1. The minimum Gasteiger partial charge on any atom is -0.389 e. The fourth-order valence-electron chi connectivity index (χ4n) is 2.24. The maximum absolute atomic E-state index is 11.3. The van der Waals surface area contributed by atoms with Gasteiger partial charge in [-0.3, -0.25) is 0 Å². The molecule has 0 unspecified atom stereocenters. The SMILES string of the molecule is O=S1(=O)CC[C@H](NC[C@H](O)COCc2ccccc2Cl)C1. The Morgan fingerprint density at radius 2 is 2.19 bits per heavy atom. The summed E-state index contributed by atoms with van der Waals surface area (Å²) in [6.45, 7) is 0.842. The molecule has 0 saturated carbocycles. The molecule has 0 spiro atoms. The second kappa shape index (κ2) is 7.56. The minimum absolute atomic E-state index is 0.0618. The number of nitrogens with one attached hydrogen (secondary N) is 1. The lowest BCUT2D eigenvalue weighted by Crippen LogP contribution is -2.38. The molecule has 118 valence electrons. The maximum atomic E-state index is 11.3. The monoisotopic (exact) mass is 333 g/mol. The van der Waals surface area contributed by atoms with E-state index in [1.54, 1.807) is 6.07 Å². The summed E-state index contributed by atoms with van der Waals surface area (Å²) in [5, 5.41) is 13.5. The van der Waals surface area contributed by atoms with Crippen LogP contribution in [0.2, 0.25) is 5.02 Å². The van der Waals surface area contributed by atoms with Crippen LogP contribution in [-0.4, -0.2) is 50.3 Å². The second-order valence-corrected chi connectivity index (χ2v) is 7.90. The Morgan fingerprint density at radius 1 is 1.43 bits per heavy atom. The molecule has 2 atom stereocenters. The lowest BCUT2D eigenvalue weighted by molar-refractivity contribution is 0.0279. The van der Waals surface area contributed by atoms with E-state index in [2.05, 4.69) is 5.32 Å². The van der Waals surface area contributed by atoms with Crippen LogP contribution < -0.4 is 5.32 Å². The van der Waals surface area contributed by atoms with Crippen LogP contribution >= 0.6 is 11.6 Å². The quantitative estimate of drug-likeness (QED) is 0.778. The molecule has 1 fully saturated rings. The van der Waals surface area contributed by atoms with E-state index in [9.17, 15) is 13.5 Å². The molecule has 1 aromatic carbocycles. The van der Waals surface area contributed by atoms with Gasteiger partial charge < -0.3 is 15.2 Å². The van der Waals surface area contributed by atoms with Crippen molar-refractivity contribution in [2.75, 3.05) is 24.7 Å². The first kappa shape index (κ1) is 16.7. The van der Waals surface area contributed by atoms with Gasteiger partial charge in [0.25, 0.3) is 0 Å². The Kier molecular flexibility index (Phi) is 6.01. The molecule has 1 heterocycles. The van der Waals surface area contributed by atoms with Gasteiger partial charge in [-0.15, -0.1) is 0 Å². The molecule has 1 saturated heterocycles. The minimum atomic E-state index is -2.89. The number of benzene rings is 1. The molecule has 0 radical (unpaired) electrons. The first-order chi connectivity index (χ1) is 9.96. The van der Waals surface area contributed by atoms with Crippen molar-refractivity contribution in [3.05, 3.63) is 34.9 Å². The van der Waals surface area contributed by atoms with Gasteiger partial charge in [0.1, 0.15) is 0 Å². The highest BCUT2D eigenvalue weighted by Crippen LogP contribution is 2.15. The van der Waals surface area contributed by atoms with Crippen molar-refractivity contribution in [1.29, 1.82) is 0 Å². The highest BCUT2D eigenvalue weighted by atomic mass is 35.5. The van der Waals surface area contributed by atoms with E-state index in [-0.39, 0.29) is 24.2 Å². The Bertz CT molecular complexity index is 564. The van der Waals surface area contributed by atoms with Crippen LogP contribution in [0.25, 0.3) is 0 Å². The summed E-state index contributed by atoms with van der Waals surface area (Å²) < 4.78 is 28.0. The van der Waals surface area contributed by atoms with Crippen LogP contribution in [0.4, 0.5) is 0 Å². The van der Waals surface area contributed by atoms with Crippen molar-refractivity contribution in [3.63, 3.8) is 0 Å². The second-order valence-electron chi connectivity index (χ2n) is 5.27. The first-order valence-electron chi connectivity index (χ1n) is 6.89. The fraction of sp³-hybridized carbons (Fsp3) is 0.571. The smallest absolute Gasteiger partial charge is 0.151 e. The molecule has 1 aliphatic heterocycles. The highest BCUT2D eigenvalue weighted by molar-refractivity contribution is 7.91. The van der Waals surface area contributed by atoms with Crippen LogP contribution in [0.3, 0.4) is 0 Å². The van der Waals surface area contributed by atoms with E-state index in [0.29, 0.717) is 24.6 Å². The third-order valence-electron chi connectivity index (χ3n) is 3.40. The number of aliphatic hydroxyl groups excluding tert-OH is 1. The van der Waals surface area contributed by atoms with Gasteiger partial charge in [-0.05, 0) is 18.1 Å². The van der Waals surface area contributed by atoms with E-state index in [1.807, 2.05) is 18.2 Å². The molecule has 1 aliphatic rings. The first-order valence-corrected chi connectivity index (χ1v) is 9.09. The number of rotatable bonds is 7. The van der Waals surface area contributed by atoms with Crippen LogP contribution in [0.1, 0.15) is 12.0 Å². The molecule has 2 rings (SSSR count). The van der Waals surface area contributed by atoms with Crippen molar-refractivity contribution in [2.24, 2.45) is 0 Å². The predicted molar refractivity (Wildman–Crippen MR) is 82.2 cm³/mol. The number of hydrogen-bond donors (Lipinski definition) is 2. The largest absolute Gasteiger partial charge is 0.389 e. The van der Waals surface area contributed by atoms with Gasteiger partial charge in [-0.25, -0.2) is 8.42 Å². The summed E-state index contributed by atoms with van der Waals surface area (Å²) in [6, 6.07) is 7.33. The van der Waals surface area contributed by atoms with Crippen molar-refractivity contribution in [1.82, 2.24) is 5.32 Å². The zero-order valence-corrected chi connectivity index (χ0v) is 13.2. The molecule has 7 heteroatoms. The van der Waals surface area contributed by atoms with E-state index in [0.717, 1.165) is 5.56 Å². The molecule has 1 aromatic rings. The van der Waals surface area contributed by atoms with E-state index >= 15 is 0 Å². The van der Waals surface area contributed by atoms with Gasteiger partial charge in [0.15, 0.2) is 9.84 Å².